The van der Waals surface area contributed by atoms with E-state index in [9.17, 15) is 9.59 Å². The van der Waals surface area contributed by atoms with Crippen molar-refractivity contribution in [2.24, 2.45) is 7.05 Å². The van der Waals surface area contributed by atoms with Crippen LogP contribution in [-0.4, -0.2) is 23.6 Å². The molecule has 0 saturated carbocycles. The minimum atomic E-state index is -0.467. The molecule has 1 heterocycles. The Morgan fingerprint density at radius 2 is 2.00 bits per heavy atom. The first kappa shape index (κ1) is 13.1. The predicted octanol–water partition coefficient (Wildman–Crippen LogP) is 2.31. The van der Waals surface area contributed by atoms with Crippen LogP contribution in [0.4, 0.5) is 5.69 Å². The Balaban J connectivity index is 2.69. The Labute approximate surface area is 111 Å². The number of methoxy groups -OCH3 is 1. The van der Waals surface area contributed by atoms with Crippen LogP contribution in [0.15, 0.2) is 24.3 Å². The van der Waals surface area contributed by atoms with Gasteiger partial charge in [0.2, 0.25) is 5.91 Å². The van der Waals surface area contributed by atoms with Crippen LogP contribution in [0.1, 0.15) is 23.8 Å². The number of hydrogen-bond donors (Lipinski definition) is 1. The summed E-state index contributed by atoms with van der Waals surface area (Å²) >= 11 is 0. The fraction of sp³-hybridized carbons (Fsp3) is 0.286. The summed E-state index contributed by atoms with van der Waals surface area (Å²) in [5.74, 6) is -0.605. The Kier molecular flexibility index (Phi) is 3.55. The molecule has 2 aromatic rings. The van der Waals surface area contributed by atoms with Crippen molar-refractivity contribution in [3.63, 3.8) is 0 Å². The molecule has 100 valence electrons. The van der Waals surface area contributed by atoms with Gasteiger partial charge in [-0.3, -0.25) is 4.79 Å². The fourth-order valence-electron chi connectivity index (χ4n) is 2.08. The highest BCUT2D eigenvalue weighted by molar-refractivity contribution is 6.11. The molecule has 0 unspecified atom stereocenters. The number of hydrogen-bond acceptors (Lipinski definition) is 3. The number of aromatic nitrogens is 1. The zero-order valence-corrected chi connectivity index (χ0v) is 11.2. The van der Waals surface area contributed by atoms with Crippen LogP contribution < -0.4 is 5.32 Å². The van der Waals surface area contributed by atoms with Crippen LogP contribution in [0.3, 0.4) is 0 Å². The van der Waals surface area contributed by atoms with Gasteiger partial charge >= 0.3 is 5.97 Å². The molecule has 0 aliphatic carbocycles. The normalized spacial score (nSPS) is 10.5. The summed E-state index contributed by atoms with van der Waals surface area (Å²) in [6, 6.07) is 7.51. The number of nitrogens with zero attached hydrogens (tertiary/aromatic N) is 1. The maximum Gasteiger partial charge on any atom is 0.356 e. The van der Waals surface area contributed by atoms with E-state index in [1.165, 1.54) is 7.11 Å². The van der Waals surface area contributed by atoms with E-state index in [0.717, 1.165) is 10.9 Å². The second kappa shape index (κ2) is 5.14. The number of ether oxygens (including phenoxy) is 1. The van der Waals surface area contributed by atoms with Gasteiger partial charge in [0, 0.05) is 18.9 Å². The largest absolute Gasteiger partial charge is 0.464 e. The number of fused-ring (bicyclic) bond motifs is 1. The quantitative estimate of drug-likeness (QED) is 0.861. The lowest BCUT2D eigenvalue weighted by molar-refractivity contribution is -0.115. The maximum atomic E-state index is 11.9. The lowest BCUT2D eigenvalue weighted by Crippen LogP contribution is -2.15. The van der Waals surface area contributed by atoms with E-state index in [-0.39, 0.29) is 5.91 Å². The summed E-state index contributed by atoms with van der Waals surface area (Å²) in [6.07, 6.45) is 0.351. The molecule has 0 bridgehead atoms. The summed E-state index contributed by atoms with van der Waals surface area (Å²) in [4.78, 5) is 23.5. The zero-order valence-electron chi connectivity index (χ0n) is 11.2. The van der Waals surface area contributed by atoms with Gasteiger partial charge in [0.05, 0.1) is 18.3 Å². The van der Waals surface area contributed by atoms with E-state index in [1.807, 2.05) is 24.3 Å². The van der Waals surface area contributed by atoms with Gasteiger partial charge in [-0.1, -0.05) is 25.1 Å². The number of nitrogens with one attached hydrogen (secondary N) is 1. The number of para-hydroxylation sites is 1. The van der Waals surface area contributed by atoms with Crippen molar-refractivity contribution < 1.29 is 14.3 Å². The summed E-state index contributed by atoms with van der Waals surface area (Å²) < 4.78 is 6.52. The van der Waals surface area contributed by atoms with Crippen molar-refractivity contribution in [3.05, 3.63) is 30.0 Å². The molecule has 0 aliphatic heterocycles. The number of benzene rings is 1. The lowest BCUT2D eigenvalue weighted by Gasteiger charge is -2.06. The Bertz CT molecular complexity index is 643. The average molecular weight is 260 g/mol. The molecule has 0 saturated heterocycles. The third-order valence-corrected chi connectivity index (χ3v) is 3.07. The number of amides is 1. The SMILES string of the molecule is CCC(=O)Nc1c(C(=O)OC)n(C)c2ccccc12. The van der Waals surface area contributed by atoms with Crippen molar-refractivity contribution in [2.75, 3.05) is 12.4 Å². The van der Waals surface area contributed by atoms with E-state index in [0.29, 0.717) is 17.8 Å². The third-order valence-electron chi connectivity index (χ3n) is 3.07. The number of rotatable bonds is 3. The Morgan fingerprint density at radius 3 is 2.63 bits per heavy atom. The van der Waals surface area contributed by atoms with Gasteiger partial charge < -0.3 is 14.6 Å². The summed E-state index contributed by atoms with van der Waals surface area (Å²) in [5.41, 5.74) is 1.73. The Morgan fingerprint density at radius 1 is 1.32 bits per heavy atom. The summed E-state index contributed by atoms with van der Waals surface area (Å²) in [6.45, 7) is 1.76. The van der Waals surface area contributed by atoms with Gasteiger partial charge in [0.1, 0.15) is 0 Å². The molecule has 1 aromatic heterocycles. The molecule has 5 nitrogen and oxygen atoms in total. The number of esters is 1. The molecule has 0 radical (unpaired) electrons. The van der Waals surface area contributed by atoms with Gasteiger partial charge in [0.15, 0.2) is 5.69 Å². The summed E-state index contributed by atoms with van der Waals surface area (Å²) in [7, 11) is 3.10. The fourth-order valence-corrected chi connectivity index (χ4v) is 2.08. The van der Waals surface area contributed by atoms with Crippen LogP contribution in [-0.2, 0) is 16.6 Å². The van der Waals surface area contributed by atoms with Crippen LogP contribution in [0, 0.1) is 0 Å². The van der Waals surface area contributed by atoms with Gasteiger partial charge in [-0.15, -0.1) is 0 Å². The van der Waals surface area contributed by atoms with Crippen LogP contribution in [0.2, 0.25) is 0 Å². The second-order valence-electron chi connectivity index (χ2n) is 4.19. The first-order valence-corrected chi connectivity index (χ1v) is 6.05. The van der Waals surface area contributed by atoms with Crippen molar-refractivity contribution >= 4 is 28.5 Å². The highest BCUT2D eigenvalue weighted by Crippen LogP contribution is 2.30. The molecule has 5 heteroatoms. The number of aryl methyl sites for hydroxylation is 1. The zero-order chi connectivity index (χ0) is 14.0. The average Bonchev–Trinajstić information content (AvgIpc) is 2.71. The smallest absolute Gasteiger partial charge is 0.356 e. The van der Waals surface area contributed by atoms with Gasteiger partial charge in [-0.25, -0.2) is 4.79 Å². The van der Waals surface area contributed by atoms with Gasteiger partial charge in [0.25, 0.3) is 0 Å². The Hall–Kier alpha value is -2.30. The number of carbonyl (C=O) groups is 2. The highest BCUT2D eigenvalue weighted by atomic mass is 16.5. The summed E-state index contributed by atoms with van der Waals surface area (Å²) in [5, 5.41) is 3.60. The standard InChI is InChI=1S/C14H16N2O3/c1-4-11(17)15-12-9-7-5-6-8-10(9)16(2)13(12)14(18)19-3/h5-8H,4H2,1-3H3,(H,15,17). The first-order valence-electron chi connectivity index (χ1n) is 6.05. The molecule has 2 rings (SSSR count). The van der Waals surface area contributed by atoms with Crippen molar-refractivity contribution in [1.29, 1.82) is 0 Å². The van der Waals surface area contributed by atoms with E-state index in [1.54, 1.807) is 18.5 Å². The van der Waals surface area contributed by atoms with E-state index in [4.69, 9.17) is 4.74 Å². The molecule has 19 heavy (non-hydrogen) atoms. The highest BCUT2D eigenvalue weighted by Gasteiger charge is 2.22. The molecular weight excluding hydrogens is 244 g/mol. The molecule has 1 amide bonds. The number of anilines is 1. The monoisotopic (exact) mass is 260 g/mol. The third kappa shape index (κ3) is 2.19. The molecule has 1 aromatic carbocycles. The minimum Gasteiger partial charge on any atom is -0.464 e. The van der Waals surface area contributed by atoms with Crippen molar-refractivity contribution in [1.82, 2.24) is 4.57 Å². The van der Waals surface area contributed by atoms with Crippen molar-refractivity contribution in [2.45, 2.75) is 13.3 Å². The molecule has 0 aliphatic rings. The molecule has 0 atom stereocenters. The van der Waals surface area contributed by atoms with E-state index < -0.39 is 5.97 Å². The molecule has 0 fully saturated rings. The maximum absolute atomic E-state index is 11.9. The van der Waals surface area contributed by atoms with Crippen LogP contribution in [0.5, 0.6) is 0 Å². The second-order valence-corrected chi connectivity index (χ2v) is 4.19. The molecular formula is C14H16N2O3. The lowest BCUT2D eigenvalue weighted by atomic mass is 10.2. The van der Waals surface area contributed by atoms with Crippen LogP contribution in [0.25, 0.3) is 10.9 Å². The molecule has 1 N–H and O–H groups in total. The predicted molar refractivity (Wildman–Crippen MR) is 73.2 cm³/mol. The van der Waals surface area contributed by atoms with Gasteiger partial charge in [-0.05, 0) is 6.07 Å². The van der Waals surface area contributed by atoms with Gasteiger partial charge in [-0.2, -0.15) is 0 Å². The minimum absolute atomic E-state index is 0.137. The van der Waals surface area contributed by atoms with Crippen LogP contribution >= 0.6 is 0 Å². The first-order chi connectivity index (χ1) is 9.10. The van der Waals surface area contributed by atoms with E-state index in [2.05, 4.69) is 5.32 Å². The molecule has 0 spiro atoms. The topological polar surface area (TPSA) is 60.3 Å². The number of carbonyl (C=O) groups excluding carboxylic acids is 2. The van der Waals surface area contributed by atoms with Crippen molar-refractivity contribution in [3.8, 4) is 0 Å². The van der Waals surface area contributed by atoms with E-state index >= 15 is 0 Å².